The summed E-state index contributed by atoms with van der Waals surface area (Å²) < 4.78 is 44.2. The summed E-state index contributed by atoms with van der Waals surface area (Å²) >= 11 is 5.76. The van der Waals surface area contributed by atoms with Crippen LogP contribution in [0.25, 0.3) is 0 Å². The lowest BCUT2D eigenvalue weighted by atomic mass is 10.1. The van der Waals surface area contributed by atoms with Gasteiger partial charge in [-0.1, -0.05) is 29.8 Å². The van der Waals surface area contributed by atoms with E-state index in [2.05, 4.69) is 5.32 Å². The predicted octanol–water partition coefficient (Wildman–Crippen LogP) is 4.58. The summed E-state index contributed by atoms with van der Waals surface area (Å²) in [7, 11) is 0. The van der Waals surface area contributed by atoms with Gasteiger partial charge in [-0.2, -0.15) is 13.2 Å². The number of halogens is 4. The highest BCUT2D eigenvalue weighted by Crippen LogP contribution is 2.38. The van der Waals surface area contributed by atoms with Crippen LogP contribution in [-0.4, -0.2) is 18.3 Å². The fourth-order valence-electron chi connectivity index (χ4n) is 2.09. The first kappa shape index (κ1) is 18.8. The Kier molecular flexibility index (Phi) is 5.69. The van der Waals surface area contributed by atoms with Gasteiger partial charge in [0.2, 0.25) is 0 Å². The van der Waals surface area contributed by atoms with Crippen LogP contribution in [0, 0.1) is 0 Å². The fraction of sp³-hybridized carbons (Fsp3) is 0.176. The summed E-state index contributed by atoms with van der Waals surface area (Å²) in [6, 6.07) is 9.43. The van der Waals surface area contributed by atoms with Gasteiger partial charge in [-0.15, -0.1) is 0 Å². The highest BCUT2D eigenvalue weighted by atomic mass is 35.5. The number of rotatable bonds is 5. The van der Waals surface area contributed by atoms with Crippen molar-refractivity contribution in [3.05, 3.63) is 58.6 Å². The minimum absolute atomic E-state index is 0.167. The van der Waals surface area contributed by atoms with E-state index in [9.17, 15) is 22.8 Å². The molecule has 8 heteroatoms. The molecule has 0 aliphatic carbocycles. The summed E-state index contributed by atoms with van der Waals surface area (Å²) in [4.78, 5) is 23.4. The molecule has 25 heavy (non-hydrogen) atoms. The van der Waals surface area contributed by atoms with E-state index in [1.807, 2.05) is 0 Å². The molecule has 0 aliphatic rings. The molecule has 0 unspecified atom stereocenters. The topological polar surface area (TPSA) is 55.4 Å². The Hall–Kier alpha value is -2.54. The van der Waals surface area contributed by atoms with Gasteiger partial charge in [0.25, 0.3) is 5.91 Å². The van der Waals surface area contributed by atoms with E-state index in [4.69, 9.17) is 16.3 Å². The average molecular weight is 372 g/mol. The molecule has 0 atom stereocenters. The van der Waals surface area contributed by atoms with E-state index < -0.39 is 29.9 Å². The highest BCUT2D eigenvalue weighted by molar-refractivity contribution is 6.34. The number of carbonyl (C=O) groups is 2. The molecule has 1 amide bonds. The number of Topliss-reactive ketones (excluding diaryl/α,β-unsaturated/α-hetero) is 1. The van der Waals surface area contributed by atoms with Crippen molar-refractivity contribution < 1.29 is 27.5 Å². The molecule has 4 nitrogen and oxygen atoms in total. The van der Waals surface area contributed by atoms with Gasteiger partial charge in [-0.25, -0.2) is 0 Å². The summed E-state index contributed by atoms with van der Waals surface area (Å²) in [6.45, 7) is 0.758. The van der Waals surface area contributed by atoms with Crippen LogP contribution >= 0.6 is 11.6 Å². The van der Waals surface area contributed by atoms with Gasteiger partial charge >= 0.3 is 6.18 Å². The van der Waals surface area contributed by atoms with E-state index in [0.29, 0.717) is 0 Å². The maximum Gasteiger partial charge on any atom is 0.418 e. The van der Waals surface area contributed by atoms with Crippen molar-refractivity contribution in [3.63, 3.8) is 0 Å². The second-order valence-electron chi connectivity index (χ2n) is 5.05. The molecular weight excluding hydrogens is 359 g/mol. The third kappa shape index (κ3) is 4.73. The molecule has 0 fully saturated rings. The third-order valence-electron chi connectivity index (χ3n) is 3.21. The molecule has 0 aromatic heterocycles. The zero-order valence-corrected chi connectivity index (χ0v) is 13.7. The zero-order chi connectivity index (χ0) is 18.6. The number of carbonyl (C=O) groups excluding carboxylic acids is 2. The highest BCUT2D eigenvalue weighted by Gasteiger charge is 2.34. The lowest BCUT2D eigenvalue weighted by molar-refractivity contribution is -0.137. The summed E-state index contributed by atoms with van der Waals surface area (Å²) in [5, 5.41) is 1.86. The summed E-state index contributed by atoms with van der Waals surface area (Å²) in [5.41, 5.74) is -1.33. The molecule has 0 spiro atoms. The number of alkyl halides is 3. The van der Waals surface area contributed by atoms with Crippen molar-refractivity contribution >= 4 is 29.0 Å². The van der Waals surface area contributed by atoms with Crippen LogP contribution < -0.4 is 10.1 Å². The Bertz CT molecular complexity index is 806. The van der Waals surface area contributed by atoms with Crippen LogP contribution in [0.3, 0.4) is 0 Å². The maximum atomic E-state index is 13.0. The number of hydrogen-bond donors (Lipinski definition) is 1. The Morgan fingerprint density at radius 3 is 2.44 bits per heavy atom. The van der Waals surface area contributed by atoms with Crippen LogP contribution in [0.2, 0.25) is 5.02 Å². The Morgan fingerprint density at radius 2 is 1.80 bits per heavy atom. The maximum absolute atomic E-state index is 13.0. The van der Waals surface area contributed by atoms with Crippen molar-refractivity contribution in [2.45, 2.75) is 13.1 Å². The molecular formula is C17H13ClF3NO3. The molecule has 132 valence electrons. The van der Waals surface area contributed by atoms with E-state index in [-0.39, 0.29) is 22.1 Å². The van der Waals surface area contributed by atoms with E-state index >= 15 is 0 Å². The molecule has 0 radical (unpaired) electrons. The third-order valence-corrected chi connectivity index (χ3v) is 3.52. The normalized spacial score (nSPS) is 11.1. The Balaban J connectivity index is 2.14. The first-order chi connectivity index (χ1) is 11.7. The number of ketones is 1. The molecule has 0 bridgehead atoms. The average Bonchev–Trinajstić information content (AvgIpc) is 2.54. The summed E-state index contributed by atoms with van der Waals surface area (Å²) in [5.74, 6) is -0.932. The van der Waals surface area contributed by atoms with Gasteiger partial charge in [-0.05, 0) is 31.2 Å². The minimum Gasteiger partial charge on any atom is -0.483 e. The standard InChI is InChI=1S/C17H13ClF3NO3/c1-10(23)11-5-2-3-8-14(11)25-9-15(24)22-16-12(17(19,20)21)6-4-7-13(16)18/h2-8H,9H2,1H3,(H,22,24). The largest absolute Gasteiger partial charge is 0.483 e. The number of anilines is 1. The lowest BCUT2D eigenvalue weighted by Crippen LogP contribution is -2.23. The van der Waals surface area contributed by atoms with E-state index in [0.717, 1.165) is 12.1 Å². The van der Waals surface area contributed by atoms with Crippen LogP contribution in [0.15, 0.2) is 42.5 Å². The van der Waals surface area contributed by atoms with Gasteiger partial charge in [0.15, 0.2) is 12.4 Å². The molecule has 2 rings (SSSR count). The SMILES string of the molecule is CC(=O)c1ccccc1OCC(=O)Nc1c(Cl)cccc1C(F)(F)F. The van der Waals surface area contributed by atoms with Crippen molar-refractivity contribution in [2.24, 2.45) is 0 Å². The molecule has 0 saturated carbocycles. The van der Waals surface area contributed by atoms with Crippen molar-refractivity contribution in [1.29, 1.82) is 0 Å². The summed E-state index contributed by atoms with van der Waals surface area (Å²) in [6.07, 6.45) is -4.67. The molecule has 0 saturated heterocycles. The smallest absolute Gasteiger partial charge is 0.418 e. The van der Waals surface area contributed by atoms with Gasteiger partial charge < -0.3 is 10.1 Å². The number of hydrogen-bond acceptors (Lipinski definition) is 3. The monoisotopic (exact) mass is 371 g/mol. The first-order valence-electron chi connectivity index (χ1n) is 7.08. The van der Waals surface area contributed by atoms with Gasteiger partial charge in [0, 0.05) is 0 Å². The minimum atomic E-state index is -4.67. The van der Waals surface area contributed by atoms with Crippen molar-refractivity contribution in [1.82, 2.24) is 0 Å². The molecule has 2 aromatic rings. The lowest BCUT2D eigenvalue weighted by Gasteiger charge is -2.15. The van der Waals surface area contributed by atoms with Crippen molar-refractivity contribution in [2.75, 3.05) is 11.9 Å². The fourth-order valence-corrected chi connectivity index (χ4v) is 2.31. The van der Waals surface area contributed by atoms with Crippen LogP contribution in [-0.2, 0) is 11.0 Å². The van der Waals surface area contributed by atoms with E-state index in [1.165, 1.54) is 25.1 Å². The van der Waals surface area contributed by atoms with E-state index in [1.54, 1.807) is 12.1 Å². The van der Waals surface area contributed by atoms with Crippen LogP contribution in [0.4, 0.5) is 18.9 Å². The number of nitrogens with one attached hydrogen (secondary N) is 1. The molecule has 0 heterocycles. The zero-order valence-electron chi connectivity index (χ0n) is 13.0. The van der Waals surface area contributed by atoms with Crippen LogP contribution in [0.5, 0.6) is 5.75 Å². The Labute approximate surface area is 146 Å². The first-order valence-corrected chi connectivity index (χ1v) is 7.46. The predicted molar refractivity (Wildman–Crippen MR) is 87.0 cm³/mol. The number of benzene rings is 2. The van der Waals surface area contributed by atoms with Gasteiger partial charge in [0.1, 0.15) is 5.75 Å². The molecule has 2 aromatic carbocycles. The Morgan fingerprint density at radius 1 is 1.12 bits per heavy atom. The van der Waals surface area contributed by atoms with Gasteiger partial charge in [-0.3, -0.25) is 9.59 Å². The second-order valence-corrected chi connectivity index (χ2v) is 5.46. The molecule has 1 N–H and O–H groups in total. The molecule has 0 aliphatic heterocycles. The second kappa shape index (κ2) is 7.57. The van der Waals surface area contributed by atoms with Gasteiger partial charge in [0.05, 0.1) is 21.8 Å². The number of amides is 1. The quantitative estimate of drug-likeness (QED) is 0.783. The number of ether oxygens (including phenoxy) is 1. The number of para-hydroxylation sites is 2. The van der Waals surface area contributed by atoms with Crippen molar-refractivity contribution in [3.8, 4) is 5.75 Å². The van der Waals surface area contributed by atoms with Crippen LogP contribution in [0.1, 0.15) is 22.8 Å².